The molecular weight excluding hydrogens is 927 g/mol. The Balaban J connectivity index is 2.59. The van der Waals surface area contributed by atoms with Gasteiger partial charge in [0.15, 0.2) is 0 Å². The standard InChI is InChI=1S/C40H57N9O16S2/c1-19-35(60)45-25(10-12-31(55)56)37(62)48-33(20(2)50)39(64)42-14-29(52)44-24(9-11-30(53)54)36(61)47-27(34(41)59)17-66-15-22-7-5-6-8-23(22)16-67-18-28(43-21(3)51)38(63)46-26(13-32(57)58)40(65)49(19)4/h5-8,19-20,24-28,33,50H,9-18H2,1-4H3,(H2,41,59)(H,42,64)(H,43,51)(H,44,52)(H,45,60)(H,46,63)(H,47,61)(H,48,62)(H,53,54)(H,55,56)(H,57,58)/t19-,20+,24-,25-,26-,27-,28-,33-/m0/s1. The monoisotopic (exact) mass is 983 g/mol. The predicted octanol–water partition coefficient (Wildman–Crippen LogP) is -3.87. The van der Waals surface area contributed by atoms with Crippen LogP contribution in [0, 0.1) is 0 Å². The topological polar surface area (TPSA) is 399 Å². The SMILES string of the molecule is CC(=O)N[C@H]1CSCc2ccccc2CSC[C@@H](C(N)=O)NC(=O)[C@H](CCC(=O)O)NC(=O)CNC(=O)[C@H]([C@@H](C)O)NC(=O)[C@H](CCC(=O)O)NC(=O)[C@H](C)N(C)C(=O)[C@H](CC(=O)O)NC1=O. The number of primary amides is 1. The lowest BCUT2D eigenvalue weighted by molar-refractivity contribution is -0.146. The average Bonchev–Trinajstić information content (AvgIpc) is 3.24. The Labute approximate surface area is 392 Å². The van der Waals surface area contributed by atoms with Gasteiger partial charge < -0.3 is 68.3 Å². The summed E-state index contributed by atoms with van der Waals surface area (Å²) in [4.78, 5) is 154. The van der Waals surface area contributed by atoms with E-state index in [2.05, 4.69) is 37.2 Å². The Morgan fingerprint density at radius 3 is 1.78 bits per heavy atom. The second-order valence-corrected chi connectivity index (χ2v) is 17.4. The molecule has 1 heterocycles. The van der Waals surface area contributed by atoms with Gasteiger partial charge in [0.2, 0.25) is 53.2 Å². The molecule has 2 rings (SSSR count). The third kappa shape index (κ3) is 19.9. The van der Waals surface area contributed by atoms with Gasteiger partial charge in [-0.05, 0) is 37.8 Å². The summed E-state index contributed by atoms with van der Waals surface area (Å²) in [6.07, 6.45) is -5.02. The van der Waals surface area contributed by atoms with Crippen LogP contribution in [0.1, 0.15) is 64.0 Å². The van der Waals surface area contributed by atoms with Crippen molar-refractivity contribution in [3.63, 3.8) is 0 Å². The molecule has 8 atom stereocenters. The maximum atomic E-state index is 13.7. The van der Waals surface area contributed by atoms with Crippen LogP contribution in [0.15, 0.2) is 24.3 Å². The van der Waals surface area contributed by atoms with Gasteiger partial charge in [-0.2, -0.15) is 23.5 Å². The van der Waals surface area contributed by atoms with E-state index in [0.29, 0.717) is 0 Å². The van der Waals surface area contributed by atoms with Crippen molar-refractivity contribution in [3.8, 4) is 0 Å². The van der Waals surface area contributed by atoms with Crippen molar-refractivity contribution in [2.24, 2.45) is 5.73 Å². The zero-order valence-electron chi connectivity index (χ0n) is 37.0. The summed E-state index contributed by atoms with van der Waals surface area (Å²) in [5.74, 6) is -13.0. The average molecular weight is 984 g/mol. The van der Waals surface area contributed by atoms with Crippen LogP contribution in [0.3, 0.4) is 0 Å². The number of carboxylic acid groups (broad SMARTS) is 3. The van der Waals surface area contributed by atoms with Crippen molar-refractivity contribution in [2.45, 2.75) is 113 Å². The molecule has 67 heavy (non-hydrogen) atoms. The number of aliphatic hydroxyl groups excluding tert-OH is 1. The van der Waals surface area contributed by atoms with Gasteiger partial charge in [-0.15, -0.1) is 0 Å². The lowest BCUT2D eigenvalue weighted by atomic mass is 10.1. The van der Waals surface area contributed by atoms with E-state index < -0.39 is 158 Å². The number of aliphatic hydroxyl groups is 1. The van der Waals surface area contributed by atoms with E-state index in [9.17, 15) is 78.0 Å². The van der Waals surface area contributed by atoms with E-state index in [1.807, 2.05) is 0 Å². The van der Waals surface area contributed by atoms with E-state index in [-0.39, 0.29) is 23.0 Å². The van der Waals surface area contributed by atoms with Crippen LogP contribution in [0.2, 0.25) is 0 Å². The molecule has 1 aliphatic rings. The number of benzene rings is 1. The van der Waals surface area contributed by atoms with Crippen molar-refractivity contribution in [3.05, 3.63) is 35.4 Å². The summed E-state index contributed by atoms with van der Waals surface area (Å²) in [6, 6.07) is -4.01. The minimum atomic E-state index is -1.85. The minimum Gasteiger partial charge on any atom is -0.481 e. The number of likely N-dealkylation sites (N-methyl/N-ethyl adjacent to an activating group) is 1. The molecule has 1 aromatic carbocycles. The molecule has 0 saturated heterocycles. The fraction of sp³-hybridized carbons (Fsp3) is 0.550. The number of nitrogens with zero attached hydrogens (tertiary/aromatic N) is 1. The number of thioether (sulfide) groups is 2. The molecule has 370 valence electrons. The fourth-order valence-corrected chi connectivity index (χ4v) is 8.31. The number of carbonyl (C=O) groups is 12. The van der Waals surface area contributed by atoms with Crippen LogP contribution in [0.25, 0.3) is 0 Å². The highest BCUT2D eigenvalue weighted by molar-refractivity contribution is 7.98. The molecule has 13 N–H and O–H groups in total. The molecule has 0 bridgehead atoms. The van der Waals surface area contributed by atoms with Gasteiger partial charge in [-0.1, -0.05) is 24.3 Å². The highest BCUT2D eigenvalue weighted by Crippen LogP contribution is 2.22. The van der Waals surface area contributed by atoms with E-state index >= 15 is 0 Å². The van der Waals surface area contributed by atoms with Gasteiger partial charge in [-0.3, -0.25) is 57.5 Å². The summed E-state index contributed by atoms with van der Waals surface area (Å²) < 4.78 is 0. The van der Waals surface area contributed by atoms with Gasteiger partial charge in [0.05, 0.1) is 19.1 Å². The summed E-state index contributed by atoms with van der Waals surface area (Å²) in [5, 5.41) is 54.8. The van der Waals surface area contributed by atoms with Gasteiger partial charge in [0.25, 0.3) is 0 Å². The van der Waals surface area contributed by atoms with Gasteiger partial charge in [0, 0.05) is 49.8 Å². The van der Waals surface area contributed by atoms with Gasteiger partial charge >= 0.3 is 17.9 Å². The van der Waals surface area contributed by atoms with E-state index in [4.69, 9.17) is 5.73 Å². The Morgan fingerprint density at radius 1 is 0.746 bits per heavy atom. The first kappa shape index (κ1) is 56.6. The van der Waals surface area contributed by atoms with Crippen LogP contribution in [0.5, 0.6) is 0 Å². The summed E-state index contributed by atoms with van der Waals surface area (Å²) >= 11 is 2.38. The van der Waals surface area contributed by atoms with Crippen LogP contribution in [-0.4, -0.2) is 170 Å². The Hall–Kier alpha value is -6.48. The number of nitrogens with two attached hydrogens (primary N) is 1. The van der Waals surface area contributed by atoms with E-state index in [1.165, 1.54) is 30.4 Å². The van der Waals surface area contributed by atoms with Gasteiger partial charge in [0.1, 0.15) is 42.3 Å². The Kier molecular flexibility index (Phi) is 23.6. The summed E-state index contributed by atoms with van der Waals surface area (Å²) in [6.45, 7) is 2.50. The smallest absolute Gasteiger partial charge is 0.305 e. The molecule has 9 amide bonds. The number of aliphatic carboxylic acids is 3. The van der Waals surface area contributed by atoms with E-state index in [0.717, 1.165) is 36.9 Å². The molecule has 0 aromatic heterocycles. The number of carboxylic acids is 3. The van der Waals surface area contributed by atoms with E-state index in [1.54, 1.807) is 24.3 Å². The largest absolute Gasteiger partial charge is 0.481 e. The molecule has 0 fully saturated rings. The highest BCUT2D eigenvalue weighted by Gasteiger charge is 2.36. The first-order chi connectivity index (χ1) is 31.4. The lowest BCUT2D eigenvalue weighted by Gasteiger charge is -2.30. The maximum absolute atomic E-state index is 13.7. The number of hydrogen-bond donors (Lipinski definition) is 12. The van der Waals surface area contributed by atoms with Crippen molar-refractivity contribution in [1.29, 1.82) is 0 Å². The molecule has 0 spiro atoms. The molecule has 0 aliphatic carbocycles. The molecule has 0 unspecified atom stereocenters. The minimum absolute atomic E-state index is 0.0811. The molecule has 1 aliphatic heterocycles. The number of hydrogen-bond acceptors (Lipinski definition) is 15. The lowest BCUT2D eigenvalue weighted by Crippen LogP contribution is -2.60. The molecule has 1 aromatic rings. The third-order valence-electron chi connectivity index (χ3n) is 9.92. The number of carbonyl (C=O) groups excluding carboxylic acids is 9. The zero-order valence-corrected chi connectivity index (χ0v) is 38.7. The summed E-state index contributed by atoms with van der Waals surface area (Å²) in [7, 11) is 1.10. The second kappa shape index (κ2) is 27.9. The zero-order chi connectivity index (χ0) is 50.5. The van der Waals surface area contributed by atoms with Crippen LogP contribution < -0.4 is 43.0 Å². The number of amides is 9. The molecule has 0 saturated carbocycles. The van der Waals surface area contributed by atoms with Gasteiger partial charge in [-0.25, -0.2) is 0 Å². The number of fused-ring (bicyclic) bond motifs is 1. The van der Waals surface area contributed by atoms with Crippen molar-refractivity contribution >= 4 is 94.6 Å². The highest BCUT2D eigenvalue weighted by atomic mass is 32.2. The number of nitrogens with one attached hydrogen (secondary N) is 7. The third-order valence-corrected chi connectivity index (χ3v) is 12.1. The molecular formula is C40H57N9O16S2. The maximum Gasteiger partial charge on any atom is 0.305 e. The summed E-state index contributed by atoms with van der Waals surface area (Å²) in [5.41, 5.74) is 7.12. The van der Waals surface area contributed by atoms with Crippen molar-refractivity contribution < 1.29 is 78.0 Å². The molecule has 27 heteroatoms. The Morgan fingerprint density at radius 2 is 1.27 bits per heavy atom. The molecule has 25 nitrogen and oxygen atoms in total. The van der Waals surface area contributed by atoms with Crippen molar-refractivity contribution in [1.82, 2.24) is 42.1 Å². The Bertz CT molecular complexity index is 2020. The fourth-order valence-electron chi connectivity index (χ4n) is 6.12. The number of rotatable bonds is 11. The van der Waals surface area contributed by atoms with Crippen LogP contribution in [0.4, 0.5) is 0 Å². The first-order valence-electron chi connectivity index (χ1n) is 20.6. The van der Waals surface area contributed by atoms with Crippen LogP contribution in [-0.2, 0) is 69.0 Å². The quantitative estimate of drug-likeness (QED) is 0.101. The predicted molar refractivity (Wildman–Crippen MR) is 238 cm³/mol. The molecule has 0 radical (unpaired) electrons. The van der Waals surface area contributed by atoms with Crippen LogP contribution >= 0.6 is 23.5 Å². The van der Waals surface area contributed by atoms with Crippen molar-refractivity contribution in [2.75, 3.05) is 25.1 Å². The normalized spacial score (nSPS) is 24.4. The second-order valence-electron chi connectivity index (χ2n) is 15.3. The first-order valence-corrected chi connectivity index (χ1v) is 22.9.